The first-order valence-electron chi connectivity index (χ1n) is 7.97. The number of benzene rings is 1. The molecule has 0 atom stereocenters. The maximum Gasteiger partial charge on any atom is 0.350 e. The highest BCUT2D eigenvalue weighted by Crippen LogP contribution is 2.25. The highest BCUT2D eigenvalue weighted by atomic mass is 32.1. The molecule has 1 N–H and O–H groups in total. The number of aryl methyl sites for hydroxylation is 2. The zero-order valence-electron chi connectivity index (χ0n) is 14.5. The van der Waals surface area contributed by atoms with E-state index in [0.29, 0.717) is 21.5 Å². The van der Waals surface area contributed by atoms with Crippen molar-refractivity contribution in [2.75, 3.05) is 11.9 Å². The molecule has 0 fully saturated rings. The molecule has 2 heterocycles. The number of carbonyl (C=O) groups excluding carboxylic acids is 2. The Morgan fingerprint density at radius 3 is 2.65 bits per heavy atom. The van der Waals surface area contributed by atoms with Crippen molar-refractivity contribution in [2.24, 2.45) is 0 Å². The van der Waals surface area contributed by atoms with Crippen LogP contribution >= 0.6 is 11.3 Å². The molecule has 3 aromatic rings. The van der Waals surface area contributed by atoms with Crippen molar-refractivity contribution in [3.05, 3.63) is 52.2 Å². The van der Waals surface area contributed by atoms with Gasteiger partial charge < -0.3 is 9.26 Å². The molecule has 134 valence electrons. The van der Waals surface area contributed by atoms with Gasteiger partial charge in [0.2, 0.25) is 0 Å². The Morgan fingerprint density at radius 1 is 1.23 bits per heavy atom. The molecule has 0 aliphatic rings. The van der Waals surface area contributed by atoms with Gasteiger partial charge in [0.1, 0.15) is 4.88 Å². The second-order valence-corrected chi connectivity index (χ2v) is 6.55. The standard InChI is InChI=1S/C18H17N3O4S/c1-4-24-17(23)15-11(3)19-18(26-15)20-16(22)13-9-14(25-21-13)12-7-5-10(2)6-8-12/h5-9H,4H2,1-3H3,(H,19,20,22). The van der Waals surface area contributed by atoms with E-state index in [2.05, 4.69) is 15.5 Å². The van der Waals surface area contributed by atoms with Gasteiger partial charge in [0.05, 0.1) is 12.3 Å². The van der Waals surface area contributed by atoms with Crippen molar-refractivity contribution in [1.29, 1.82) is 0 Å². The number of hydrogen-bond acceptors (Lipinski definition) is 7. The molecular weight excluding hydrogens is 354 g/mol. The summed E-state index contributed by atoms with van der Waals surface area (Å²) in [4.78, 5) is 28.7. The number of nitrogens with zero attached hydrogens (tertiary/aromatic N) is 2. The SMILES string of the molecule is CCOC(=O)c1sc(NC(=O)c2cc(-c3ccc(C)cc3)on2)nc1C. The number of esters is 1. The van der Waals surface area contributed by atoms with Gasteiger partial charge >= 0.3 is 5.97 Å². The molecule has 1 amide bonds. The van der Waals surface area contributed by atoms with Gasteiger partial charge in [0.25, 0.3) is 5.91 Å². The minimum Gasteiger partial charge on any atom is -0.462 e. The normalized spacial score (nSPS) is 10.6. The Morgan fingerprint density at radius 2 is 1.96 bits per heavy atom. The van der Waals surface area contributed by atoms with Crippen molar-refractivity contribution in [3.8, 4) is 11.3 Å². The number of aromatic nitrogens is 2. The van der Waals surface area contributed by atoms with Crippen molar-refractivity contribution in [1.82, 2.24) is 10.1 Å². The van der Waals surface area contributed by atoms with Crippen LogP contribution in [0.1, 0.15) is 38.3 Å². The molecule has 0 bridgehead atoms. The summed E-state index contributed by atoms with van der Waals surface area (Å²) in [6, 6.07) is 9.26. The van der Waals surface area contributed by atoms with Crippen molar-refractivity contribution in [3.63, 3.8) is 0 Å². The second-order valence-electron chi connectivity index (χ2n) is 5.55. The van der Waals surface area contributed by atoms with E-state index in [0.717, 1.165) is 22.5 Å². The van der Waals surface area contributed by atoms with Crippen LogP contribution in [0.15, 0.2) is 34.9 Å². The monoisotopic (exact) mass is 371 g/mol. The third kappa shape index (κ3) is 3.80. The number of nitrogens with one attached hydrogen (secondary N) is 1. The van der Waals surface area contributed by atoms with Gasteiger partial charge in [-0.1, -0.05) is 46.3 Å². The van der Waals surface area contributed by atoms with Gasteiger partial charge in [-0.2, -0.15) is 0 Å². The van der Waals surface area contributed by atoms with Crippen LogP contribution in [0, 0.1) is 13.8 Å². The molecule has 0 saturated heterocycles. The van der Waals surface area contributed by atoms with Crippen LogP contribution in [-0.4, -0.2) is 28.6 Å². The van der Waals surface area contributed by atoms with Crippen LogP contribution in [0.25, 0.3) is 11.3 Å². The lowest BCUT2D eigenvalue weighted by Gasteiger charge is -1.98. The number of anilines is 1. The van der Waals surface area contributed by atoms with E-state index in [9.17, 15) is 9.59 Å². The number of hydrogen-bond donors (Lipinski definition) is 1. The number of carbonyl (C=O) groups is 2. The molecule has 0 unspecified atom stereocenters. The third-order valence-electron chi connectivity index (χ3n) is 3.56. The first-order chi connectivity index (χ1) is 12.5. The van der Waals surface area contributed by atoms with Gasteiger partial charge in [0.15, 0.2) is 16.6 Å². The Kier molecular flexibility index (Phi) is 5.13. The maximum atomic E-state index is 12.3. The smallest absolute Gasteiger partial charge is 0.350 e. The summed E-state index contributed by atoms with van der Waals surface area (Å²) in [5.41, 5.74) is 2.59. The van der Waals surface area contributed by atoms with E-state index in [1.807, 2.05) is 31.2 Å². The molecule has 8 heteroatoms. The average molecular weight is 371 g/mol. The Hall–Kier alpha value is -3.00. The topological polar surface area (TPSA) is 94.3 Å². The highest BCUT2D eigenvalue weighted by molar-refractivity contribution is 7.17. The first kappa shape index (κ1) is 17.8. The van der Waals surface area contributed by atoms with Crippen molar-refractivity contribution < 1.29 is 18.8 Å². The van der Waals surface area contributed by atoms with Crippen molar-refractivity contribution >= 4 is 28.3 Å². The number of amides is 1. The molecule has 3 rings (SSSR count). The molecule has 0 spiro atoms. The van der Waals surface area contributed by atoms with Gasteiger partial charge in [-0.05, 0) is 20.8 Å². The molecule has 0 aliphatic heterocycles. The van der Waals surface area contributed by atoms with E-state index in [1.54, 1.807) is 19.9 Å². The lowest BCUT2D eigenvalue weighted by atomic mass is 10.1. The number of rotatable bonds is 5. The molecule has 2 aromatic heterocycles. The molecule has 1 aromatic carbocycles. The first-order valence-corrected chi connectivity index (χ1v) is 8.79. The van der Waals surface area contributed by atoms with Crippen LogP contribution in [-0.2, 0) is 4.74 Å². The average Bonchev–Trinajstić information content (AvgIpc) is 3.23. The minimum absolute atomic E-state index is 0.131. The summed E-state index contributed by atoms with van der Waals surface area (Å²) in [6.45, 7) is 5.68. The van der Waals surface area contributed by atoms with E-state index in [4.69, 9.17) is 9.26 Å². The fourth-order valence-corrected chi connectivity index (χ4v) is 3.09. The fourth-order valence-electron chi connectivity index (χ4n) is 2.23. The van der Waals surface area contributed by atoms with Gasteiger partial charge in [-0.15, -0.1) is 0 Å². The van der Waals surface area contributed by atoms with E-state index in [1.165, 1.54) is 0 Å². The predicted octanol–water partition coefficient (Wildman–Crippen LogP) is 3.84. The minimum atomic E-state index is -0.462. The number of thiazole rings is 1. The zero-order chi connectivity index (χ0) is 18.7. The Bertz CT molecular complexity index is 944. The zero-order valence-corrected chi connectivity index (χ0v) is 15.3. The Labute approximate surface area is 154 Å². The summed E-state index contributed by atoms with van der Waals surface area (Å²) in [6.07, 6.45) is 0. The van der Waals surface area contributed by atoms with Crippen LogP contribution in [0.5, 0.6) is 0 Å². The molecule has 0 radical (unpaired) electrons. The predicted molar refractivity (Wildman–Crippen MR) is 97.4 cm³/mol. The van der Waals surface area contributed by atoms with Gasteiger partial charge in [-0.3, -0.25) is 10.1 Å². The second kappa shape index (κ2) is 7.49. The molecule has 0 aliphatic carbocycles. The van der Waals surface area contributed by atoms with Crippen LogP contribution in [0.3, 0.4) is 0 Å². The molecule has 0 saturated carbocycles. The highest BCUT2D eigenvalue weighted by Gasteiger charge is 2.19. The summed E-state index contributed by atoms with van der Waals surface area (Å²) in [5.74, 6) is -0.417. The largest absolute Gasteiger partial charge is 0.462 e. The Balaban J connectivity index is 1.74. The summed E-state index contributed by atoms with van der Waals surface area (Å²) < 4.78 is 10.2. The van der Waals surface area contributed by atoms with Crippen molar-refractivity contribution in [2.45, 2.75) is 20.8 Å². The lowest BCUT2D eigenvalue weighted by molar-refractivity contribution is 0.0531. The van der Waals surface area contributed by atoms with Crippen LogP contribution in [0.4, 0.5) is 5.13 Å². The molecule has 26 heavy (non-hydrogen) atoms. The molecular formula is C18H17N3O4S. The van der Waals surface area contributed by atoms with E-state index in [-0.39, 0.29) is 12.3 Å². The quantitative estimate of drug-likeness (QED) is 0.685. The van der Waals surface area contributed by atoms with Gasteiger partial charge in [-0.25, -0.2) is 9.78 Å². The molecule has 7 nitrogen and oxygen atoms in total. The number of ether oxygens (including phenoxy) is 1. The third-order valence-corrected chi connectivity index (χ3v) is 4.61. The van der Waals surface area contributed by atoms with Gasteiger partial charge in [0, 0.05) is 11.6 Å². The maximum absolute atomic E-state index is 12.3. The van der Waals surface area contributed by atoms with E-state index >= 15 is 0 Å². The fraction of sp³-hybridized carbons (Fsp3) is 0.222. The lowest BCUT2D eigenvalue weighted by Crippen LogP contribution is -2.11. The van der Waals surface area contributed by atoms with Crippen LogP contribution < -0.4 is 5.32 Å². The van der Waals surface area contributed by atoms with Crippen LogP contribution in [0.2, 0.25) is 0 Å². The summed E-state index contributed by atoms with van der Waals surface area (Å²) in [7, 11) is 0. The summed E-state index contributed by atoms with van der Waals surface area (Å²) >= 11 is 1.06. The summed E-state index contributed by atoms with van der Waals surface area (Å²) in [5, 5.41) is 6.73. The van der Waals surface area contributed by atoms with E-state index < -0.39 is 11.9 Å².